The molecule has 1 aromatic rings. The van der Waals surface area contributed by atoms with Crippen LogP contribution in [0.15, 0.2) is 6.07 Å². The average Bonchev–Trinajstić information content (AvgIpc) is 2.63. The lowest BCUT2D eigenvalue weighted by Crippen LogP contribution is -2.45. The van der Waals surface area contributed by atoms with E-state index in [-0.39, 0.29) is 5.91 Å². The summed E-state index contributed by atoms with van der Waals surface area (Å²) in [5.74, 6) is -0.102. The van der Waals surface area contributed by atoms with Gasteiger partial charge in [0.1, 0.15) is 5.41 Å². The van der Waals surface area contributed by atoms with Crippen molar-refractivity contribution in [3.8, 4) is 6.07 Å². The lowest BCUT2D eigenvalue weighted by Gasteiger charge is -2.33. The van der Waals surface area contributed by atoms with Gasteiger partial charge in [0.15, 0.2) is 0 Å². The molecule has 0 aliphatic heterocycles. The molecular weight excluding hydrogens is 240 g/mol. The van der Waals surface area contributed by atoms with Crippen molar-refractivity contribution in [3.63, 3.8) is 0 Å². The van der Waals surface area contributed by atoms with E-state index in [1.54, 1.807) is 0 Å². The Bertz CT molecular complexity index is 508. The fourth-order valence-corrected chi connectivity index (χ4v) is 2.42. The van der Waals surface area contributed by atoms with Gasteiger partial charge in [-0.1, -0.05) is 0 Å². The fraction of sp³-hybridized carbons (Fsp3) is 0.643. The van der Waals surface area contributed by atoms with E-state index in [1.807, 2.05) is 24.6 Å². The van der Waals surface area contributed by atoms with Gasteiger partial charge in [-0.05, 0) is 45.6 Å². The van der Waals surface area contributed by atoms with Crippen molar-refractivity contribution in [1.29, 1.82) is 5.26 Å². The van der Waals surface area contributed by atoms with Crippen molar-refractivity contribution in [2.75, 3.05) is 6.54 Å². The van der Waals surface area contributed by atoms with Crippen molar-refractivity contribution < 1.29 is 4.79 Å². The van der Waals surface area contributed by atoms with E-state index < -0.39 is 5.41 Å². The number of aryl methyl sites for hydroxylation is 3. The molecule has 1 aliphatic rings. The fourth-order valence-electron chi connectivity index (χ4n) is 2.42. The third kappa shape index (κ3) is 2.78. The number of amides is 1. The number of carbonyl (C=O) groups excluding carboxylic acids is 1. The van der Waals surface area contributed by atoms with Crippen LogP contribution in [0.4, 0.5) is 0 Å². The largest absolute Gasteiger partial charge is 0.355 e. The summed E-state index contributed by atoms with van der Waals surface area (Å²) in [7, 11) is 0. The van der Waals surface area contributed by atoms with Gasteiger partial charge in [0.05, 0.1) is 11.8 Å². The highest BCUT2D eigenvalue weighted by Crippen LogP contribution is 2.40. The molecule has 1 heterocycles. The van der Waals surface area contributed by atoms with Crippen molar-refractivity contribution in [1.82, 2.24) is 15.1 Å². The highest BCUT2D eigenvalue weighted by molar-refractivity contribution is 5.86. The number of nitrogens with zero attached hydrogens (tertiary/aromatic N) is 3. The first-order valence-electron chi connectivity index (χ1n) is 6.78. The van der Waals surface area contributed by atoms with Crippen LogP contribution in [0.5, 0.6) is 0 Å². The highest BCUT2D eigenvalue weighted by atomic mass is 16.2. The normalized spacial score (nSPS) is 16.5. The first-order valence-corrected chi connectivity index (χ1v) is 6.78. The second-order valence-electron chi connectivity index (χ2n) is 5.31. The second-order valence-corrected chi connectivity index (χ2v) is 5.31. The van der Waals surface area contributed by atoms with Gasteiger partial charge < -0.3 is 5.32 Å². The number of carbonyl (C=O) groups is 1. The minimum Gasteiger partial charge on any atom is -0.355 e. The van der Waals surface area contributed by atoms with E-state index in [0.29, 0.717) is 19.4 Å². The summed E-state index contributed by atoms with van der Waals surface area (Å²) in [4.78, 5) is 11.9. The zero-order valence-corrected chi connectivity index (χ0v) is 11.6. The van der Waals surface area contributed by atoms with Crippen LogP contribution in [0.1, 0.15) is 37.1 Å². The van der Waals surface area contributed by atoms with E-state index in [4.69, 9.17) is 5.26 Å². The molecule has 0 spiro atoms. The summed E-state index contributed by atoms with van der Waals surface area (Å²) >= 11 is 0. The van der Waals surface area contributed by atoms with Crippen LogP contribution in [0.25, 0.3) is 0 Å². The zero-order valence-electron chi connectivity index (χ0n) is 11.6. The zero-order chi connectivity index (χ0) is 13.9. The van der Waals surface area contributed by atoms with Crippen LogP contribution in [-0.2, 0) is 11.3 Å². The average molecular weight is 260 g/mol. The Morgan fingerprint density at radius 1 is 1.58 bits per heavy atom. The minimum atomic E-state index is -0.738. The molecule has 1 fully saturated rings. The first kappa shape index (κ1) is 13.6. The number of hydrogen-bond acceptors (Lipinski definition) is 3. The van der Waals surface area contributed by atoms with Gasteiger partial charge in [0.25, 0.3) is 0 Å². The van der Waals surface area contributed by atoms with Crippen LogP contribution >= 0.6 is 0 Å². The molecule has 1 amide bonds. The van der Waals surface area contributed by atoms with Crippen LogP contribution in [0, 0.1) is 30.6 Å². The van der Waals surface area contributed by atoms with Crippen LogP contribution in [-0.4, -0.2) is 22.2 Å². The first-order chi connectivity index (χ1) is 9.07. The summed E-state index contributed by atoms with van der Waals surface area (Å²) in [5, 5.41) is 16.3. The minimum absolute atomic E-state index is 0.102. The quantitative estimate of drug-likeness (QED) is 0.819. The molecule has 5 heteroatoms. The van der Waals surface area contributed by atoms with E-state index in [9.17, 15) is 4.79 Å². The molecule has 0 saturated heterocycles. The van der Waals surface area contributed by atoms with Gasteiger partial charge in [-0.2, -0.15) is 10.4 Å². The topological polar surface area (TPSA) is 70.7 Å². The number of nitrogens with one attached hydrogen (secondary N) is 1. The van der Waals surface area contributed by atoms with Gasteiger partial charge in [-0.3, -0.25) is 9.48 Å². The Balaban J connectivity index is 1.74. The Morgan fingerprint density at radius 2 is 2.32 bits per heavy atom. The summed E-state index contributed by atoms with van der Waals surface area (Å²) in [6.45, 7) is 5.39. The third-order valence-electron chi connectivity index (χ3n) is 3.79. The van der Waals surface area contributed by atoms with Gasteiger partial charge in [-0.25, -0.2) is 0 Å². The maximum Gasteiger partial charge on any atom is 0.240 e. The van der Waals surface area contributed by atoms with E-state index in [1.165, 1.54) is 0 Å². The predicted octanol–water partition coefficient (Wildman–Crippen LogP) is 1.70. The molecule has 19 heavy (non-hydrogen) atoms. The lowest BCUT2D eigenvalue weighted by atomic mass is 9.69. The number of rotatable bonds is 5. The van der Waals surface area contributed by atoms with Crippen molar-refractivity contribution in [2.45, 2.75) is 46.1 Å². The Kier molecular flexibility index (Phi) is 3.89. The smallest absolute Gasteiger partial charge is 0.240 e. The summed E-state index contributed by atoms with van der Waals surface area (Å²) in [5.41, 5.74) is 1.41. The van der Waals surface area contributed by atoms with Crippen LogP contribution in [0.2, 0.25) is 0 Å². The maximum absolute atomic E-state index is 11.9. The van der Waals surface area contributed by atoms with E-state index in [2.05, 4.69) is 16.5 Å². The third-order valence-corrected chi connectivity index (χ3v) is 3.79. The molecule has 0 aromatic carbocycles. The molecule has 1 aliphatic carbocycles. The monoisotopic (exact) mass is 260 g/mol. The van der Waals surface area contributed by atoms with E-state index in [0.717, 1.165) is 30.8 Å². The van der Waals surface area contributed by atoms with Gasteiger partial charge in [-0.15, -0.1) is 0 Å². The molecule has 1 aromatic heterocycles. The molecular formula is C14H20N4O. The Hall–Kier alpha value is -1.83. The van der Waals surface area contributed by atoms with Gasteiger partial charge in [0.2, 0.25) is 5.91 Å². The second kappa shape index (κ2) is 5.43. The van der Waals surface area contributed by atoms with Crippen molar-refractivity contribution in [3.05, 3.63) is 17.5 Å². The van der Waals surface area contributed by atoms with Gasteiger partial charge >= 0.3 is 0 Å². The molecule has 0 unspecified atom stereocenters. The van der Waals surface area contributed by atoms with Crippen LogP contribution in [0.3, 0.4) is 0 Å². The summed E-state index contributed by atoms with van der Waals surface area (Å²) in [6, 6.07) is 4.20. The molecule has 5 nitrogen and oxygen atoms in total. The molecule has 1 N–H and O–H groups in total. The summed E-state index contributed by atoms with van der Waals surface area (Å²) in [6.07, 6.45) is 3.21. The number of aromatic nitrogens is 2. The molecule has 0 atom stereocenters. The van der Waals surface area contributed by atoms with Crippen molar-refractivity contribution >= 4 is 5.91 Å². The maximum atomic E-state index is 11.9. The standard InChI is InChI=1S/C14H20N4O/c1-11-9-12(2)18(17-11)8-4-7-16-13(19)14(10-15)5-3-6-14/h9H,3-8H2,1-2H3,(H,16,19). The highest BCUT2D eigenvalue weighted by Gasteiger charge is 2.44. The molecule has 1 saturated carbocycles. The lowest BCUT2D eigenvalue weighted by molar-refractivity contribution is -0.131. The number of hydrogen-bond donors (Lipinski definition) is 1. The van der Waals surface area contributed by atoms with E-state index >= 15 is 0 Å². The van der Waals surface area contributed by atoms with Crippen molar-refractivity contribution in [2.24, 2.45) is 5.41 Å². The Labute approximate surface area is 113 Å². The molecule has 0 bridgehead atoms. The van der Waals surface area contributed by atoms with Gasteiger partial charge in [0, 0.05) is 18.8 Å². The molecule has 102 valence electrons. The molecule has 2 rings (SSSR count). The number of nitriles is 1. The molecule has 0 radical (unpaired) electrons. The summed E-state index contributed by atoms with van der Waals surface area (Å²) < 4.78 is 1.95. The predicted molar refractivity (Wildman–Crippen MR) is 71.2 cm³/mol. The Morgan fingerprint density at radius 3 is 2.79 bits per heavy atom. The van der Waals surface area contributed by atoms with Crippen LogP contribution < -0.4 is 5.32 Å². The SMILES string of the molecule is Cc1cc(C)n(CCCNC(=O)C2(C#N)CCC2)n1.